The third-order valence-electron chi connectivity index (χ3n) is 4.58. The van der Waals surface area contributed by atoms with Crippen molar-refractivity contribution in [2.24, 2.45) is 0 Å². The maximum Gasteiger partial charge on any atom is 0.338 e. The number of halogens is 1. The molecule has 0 saturated heterocycles. The molecule has 2 aromatic rings. The minimum atomic E-state index is -1.19. The molecule has 2 aromatic carbocycles. The van der Waals surface area contributed by atoms with Crippen molar-refractivity contribution in [1.29, 1.82) is 0 Å². The van der Waals surface area contributed by atoms with Crippen molar-refractivity contribution in [2.75, 3.05) is 13.2 Å². The van der Waals surface area contributed by atoms with Gasteiger partial charge in [-0.2, -0.15) is 0 Å². The van der Waals surface area contributed by atoms with Crippen LogP contribution in [-0.4, -0.2) is 42.7 Å². The Balaban J connectivity index is 2.12. The Morgan fingerprint density at radius 1 is 0.914 bits per heavy atom. The van der Waals surface area contributed by atoms with Crippen LogP contribution >= 0.6 is 0 Å². The van der Waals surface area contributed by atoms with E-state index in [4.69, 9.17) is 18.9 Å². The zero-order valence-corrected chi connectivity index (χ0v) is 20.0. The van der Waals surface area contributed by atoms with Crippen molar-refractivity contribution in [1.82, 2.24) is 0 Å². The Kier molecular flexibility index (Phi) is 9.93. The summed E-state index contributed by atoms with van der Waals surface area (Å²) >= 11 is 0. The molecule has 0 aromatic heterocycles. The average molecular weight is 485 g/mol. The van der Waals surface area contributed by atoms with Gasteiger partial charge in [0.2, 0.25) is 0 Å². The van der Waals surface area contributed by atoms with Gasteiger partial charge >= 0.3 is 11.9 Å². The normalized spacial score (nSPS) is 12.3. The topological polar surface area (TPSA) is 91.3 Å². The molecular formula is C27H29FO7. The van der Waals surface area contributed by atoms with Gasteiger partial charge in [-0.15, -0.1) is 0 Å². The van der Waals surface area contributed by atoms with Crippen LogP contribution in [0.1, 0.15) is 20.8 Å². The molecule has 0 aliphatic carbocycles. The second-order valence-corrected chi connectivity index (χ2v) is 7.99. The highest BCUT2D eigenvalue weighted by Crippen LogP contribution is 2.28. The maximum absolute atomic E-state index is 14.6. The van der Waals surface area contributed by atoms with Gasteiger partial charge < -0.3 is 24.1 Å². The number of rotatable bonds is 12. The quantitative estimate of drug-likeness (QED) is 0.153. The first-order chi connectivity index (χ1) is 16.5. The van der Waals surface area contributed by atoms with E-state index in [1.54, 1.807) is 31.2 Å². The lowest BCUT2D eigenvalue weighted by atomic mass is 10.0. The second kappa shape index (κ2) is 12.6. The molecule has 0 bridgehead atoms. The van der Waals surface area contributed by atoms with Gasteiger partial charge in [-0.3, -0.25) is 0 Å². The van der Waals surface area contributed by atoms with Crippen LogP contribution in [0.3, 0.4) is 0 Å². The lowest BCUT2D eigenvalue weighted by Gasteiger charge is -2.21. The summed E-state index contributed by atoms with van der Waals surface area (Å²) in [7, 11) is 0. The van der Waals surface area contributed by atoms with E-state index >= 15 is 0 Å². The van der Waals surface area contributed by atoms with E-state index in [9.17, 15) is 19.1 Å². The predicted molar refractivity (Wildman–Crippen MR) is 129 cm³/mol. The van der Waals surface area contributed by atoms with Crippen LogP contribution in [-0.2, 0) is 19.1 Å². The van der Waals surface area contributed by atoms with E-state index < -0.39 is 30.1 Å². The number of benzene rings is 2. The molecule has 0 heterocycles. The summed E-state index contributed by atoms with van der Waals surface area (Å²) in [5, 5.41) is 9.82. The summed E-state index contributed by atoms with van der Waals surface area (Å²) in [6, 6.07) is 10.6. The molecular weight excluding hydrogens is 455 g/mol. The van der Waals surface area contributed by atoms with E-state index in [1.807, 2.05) is 0 Å². The number of esters is 2. The largest absolute Gasteiger partial charge is 0.484 e. The van der Waals surface area contributed by atoms with Gasteiger partial charge in [0.25, 0.3) is 0 Å². The summed E-state index contributed by atoms with van der Waals surface area (Å²) in [5.41, 5.74) is 1.71. The predicted octanol–water partition coefficient (Wildman–Crippen LogP) is 4.75. The fourth-order valence-corrected chi connectivity index (χ4v) is 2.64. The molecule has 0 aliphatic rings. The third kappa shape index (κ3) is 8.51. The molecule has 0 spiro atoms. The van der Waals surface area contributed by atoms with Crippen molar-refractivity contribution < 1.29 is 38.0 Å². The van der Waals surface area contributed by atoms with Crippen molar-refractivity contribution in [2.45, 2.75) is 33.2 Å². The second-order valence-electron chi connectivity index (χ2n) is 7.99. The summed E-state index contributed by atoms with van der Waals surface area (Å²) < 4.78 is 36.0. The van der Waals surface area contributed by atoms with Crippen LogP contribution in [0.5, 0.6) is 11.5 Å². The molecule has 186 valence electrons. The Morgan fingerprint density at radius 3 is 2.06 bits per heavy atom. The summed E-state index contributed by atoms with van der Waals surface area (Å²) in [4.78, 5) is 23.4. The minimum absolute atomic E-state index is 0.0725. The zero-order valence-electron chi connectivity index (χ0n) is 20.0. The number of carbonyl (C=O) groups excluding carboxylic acids is 2. The number of aliphatic hydroxyl groups excluding tert-OH is 1. The molecule has 0 radical (unpaired) electrons. The van der Waals surface area contributed by atoms with Crippen molar-refractivity contribution in [3.63, 3.8) is 0 Å². The Morgan fingerprint density at radius 2 is 1.51 bits per heavy atom. The Labute approximate surface area is 204 Å². The van der Waals surface area contributed by atoms with Gasteiger partial charge in [0.05, 0.1) is 6.61 Å². The Hall–Kier alpha value is -3.75. The number of carbonyl (C=O) groups is 2. The van der Waals surface area contributed by atoms with Crippen LogP contribution in [0.4, 0.5) is 4.39 Å². The van der Waals surface area contributed by atoms with E-state index in [2.05, 4.69) is 19.7 Å². The van der Waals surface area contributed by atoms with Crippen molar-refractivity contribution in [3.05, 3.63) is 84.7 Å². The molecule has 0 fully saturated rings. The number of aliphatic hydroxyl groups is 1. The summed E-state index contributed by atoms with van der Waals surface area (Å²) in [6.45, 7) is 15.0. The molecule has 2 atom stereocenters. The first-order valence-electron chi connectivity index (χ1n) is 10.7. The molecule has 35 heavy (non-hydrogen) atoms. The number of hydrogen-bond donors (Lipinski definition) is 1. The van der Waals surface area contributed by atoms with Gasteiger partial charge in [0.1, 0.15) is 23.9 Å². The first kappa shape index (κ1) is 27.5. The maximum atomic E-state index is 14.6. The monoisotopic (exact) mass is 484 g/mol. The highest BCUT2D eigenvalue weighted by atomic mass is 19.1. The lowest BCUT2D eigenvalue weighted by molar-refractivity contribution is -0.145. The molecule has 0 saturated carbocycles. The van der Waals surface area contributed by atoms with Crippen LogP contribution in [0.25, 0.3) is 11.1 Å². The molecule has 7 nitrogen and oxygen atoms in total. The van der Waals surface area contributed by atoms with Crippen molar-refractivity contribution >= 4 is 11.9 Å². The first-order valence-corrected chi connectivity index (χ1v) is 10.7. The van der Waals surface area contributed by atoms with E-state index in [-0.39, 0.29) is 30.1 Å². The third-order valence-corrected chi connectivity index (χ3v) is 4.58. The van der Waals surface area contributed by atoms with Crippen LogP contribution in [0.2, 0.25) is 0 Å². The smallest absolute Gasteiger partial charge is 0.338 e. The number of hydrogen-bond acceptors (Lipinski definition) is 7. The van der Waals surface area contributed by atoms with E-state index in [1.165, 1.54) is 26.0 Å². The zero-order chi connectivity index (χ0) is 26.1. The van der Waals surface area contributed by atoms with Gasteiger partial charge in [-0.05, 0) is 56.2 Å². The molecule has 1 N–H and O–H groups in total. The fourth-order valence-electron chi connectivity index (χ4n) is 2.64. The van der Waals surface area contributed by atoms with Gasteiger partial charge in [-0.25, -0.2) is 14.0 Å². The van der Waals surface area contributed by atoms with Gasteiger partial charge in [-0.1, -0.05) is 31.9 Å². The van der Waals surface area contributed by atoms with E-state index in [0.29, 0.717) is 22.4 Å². The standard InChI is InChI=1S/C27H29FO7/c1-16(2)25(29)32-14-22(15-33-26(30)17(3)4)34-20-9-7-19(8-10-20)23-12-11-21(13-24(23)28)35-27(31)18(5)6/h7-13,22,25,29H,1,3,5,14-15H2,2,4,6H3. The number of ether oxygens (including phenoxy) is 4. The molecule has 8 heteroatoms. The molecule has 0 amide bonds. The summed E-state index contributed by atoms with van der Waals surface area (Å²) in [5.74, 6) is -1.31. The summed E-state index contributed by atoms with van der Waals surface area (Å²) in [6.07, 6.45) is -1.93. The highest BCUT2D eigenvalue weighted by molar-refractivity contribution is 5.89. The fraction of sp³-hybridized carbons (Fsp3) is 0.259. The molecule has 2 unspecified atom stereocenters. The van der Waals surface area contributed by atoms with Gasteiger partial charge in [0, 0.05) is 22.8 Å². The molecule has 2 rings (SSSR count). The lowest BCUT2D eigenvalue weighted by Crippen LogP contribution is -2.32. The average Bonchev–Trinajstić information content (AvgIpc) is 2.80. The van der Waals surface area contributed by atoms with Crippen LogP contribution in [0, 0.1) is 5.82 Å². The SMILES string of the molecule is C=C(C)C(=O)OCC(COC(O)C(=C)C)Oc1ccc(-c2ccc(OC(=O)C(=C)C)cc2F)cc1. The van der Waals surface area contributed by atoms with Crippen LogP contribution < -0.4 is 9.47 Å². The molecule has 0 aliphatic heterocycles. The van der Waals surface area contributed by atoms with E-state index in [0.717, 1.165) is 6.07 Å². The highest BCUT2D eigenvalue weighted by Gasteiger charge is 2.18. The van der Waals surface area contributed by atoms with Gasteiger partial charge in [0.15, 0.2) is 12.4 Å². The minimum Gasteiger partial charge on any atom is -0.484 e. The Bertz CT molecular complexity index is 1110. The van der Waals surface area contributed by atoms with Crippen LogP contribution in [0.15, 0.2) is 78.9 Å². The van der Waals surface area contributed by atoms with Crippen molar-refractivity contribution in [3.8, 4) is 22.6 Å².